The molecule has 2 aliphatic rings. The number of aromatic nitrogens is 3. The van der Waals surface area contributed by atoms with Crippen molar-refractivity contribution in [3.63, 3.8) is 0 Å². The highest BCUT2D eigenvalue weighted by molar-refractivity contribution is 6.13. The molecule has 5 rings (SSSR count). The van der Waals surface area contributed by atoms with Crippen molar-refractivity contribution in [2.24, 2.45) is 0 Å². The van der Waals surface area contributed by atoms with Crippen molar-refractivity contribution >= 4 is 22.6 Å². The molecule has 26 heavy (non-hydrogen) atoms. The summed E-state index contributed by atoms with van der Waals surface area (Å²) in [7, 11) is 0. The van der Waals surface area contributed by atoms with Gasteiger partial charge < -0.3 is 0 Å². The van der Waals surface area contributed by atoms with Gasteiger partial charge in [-0.3, -0.25) is 14.7 Å². The largest absolute Gasteiger partial charge is 0.290 e. The second kappa shape index (κ2) is 5.66. The average Bonchev–Trinajstić information content (AvgIpc) is 3.38. The van der Waals surface area contributed by atoms with Gasteiger partial charge in [-0.05, 0) is 45.2 Å². The number of pyridine rings is 1. The molecule has 1 fully saturated rings. The highest BCUT2D eigenvalue weighted by Gasteiger charge is 2.34. The van der Waals surface area contributed by atoms with E-state index in [-0.39, 0.29) is 11.9 Å². The first kappa shape index (κ1) is 15.6. The van der Waals surface area contributed by atoms with Gasteiger partial charge in [0.2, 0.25) is 0 Å². The third-order valence-electron chi connectivity index (χ3n) is 5.62. The predicted octanol–water partition coefficient (Wildman–Crippen LogP) is 4.31. The number of hydrogen-bond acceptors (Lipinski definition) is 3. The lowest BCUT2D eigenvalue weighted by Gasteiger charge is -2.37. The number of hydrogen-bond donors (Lipinski definition) is 0. The summed E-state index contributed by atoms with van der Waals surface area (Å²) in [6, 6.07) is 12.4. The van der Waals surface area contributed by atoms with Crippen LogP contribution in [0.1, 0.15) is 61.1 Å². The maximum Gasteiger partial charge on any atom is 0.260 e. The van der Waals surface area contributed by atoms with Crippen molar-refractivity contribution in [1.29, 1.82) is 0 Å². The molecule has 1 aromatic carbocycles. The quantitative estimate of drug-likeness (QED) is 0.695. The van der Waals surface area contributed by atoms with E-state index in [1.54, 1.807) is 6.20 Å². The van der Waals surface area contributed by atoms with E-state index >= 15 is 0 Å². The van der Waals surface area contributed by atoms with Crippen molar-refractivity contribution < 1.29 is 4.79 Å². The molecule has 132 valence electrons. The normalized spacial score (nSPS) is 22.5. The van der Waals surface area contributed by atoms with Gasteiger partial charge in [0.25, 0.3) is 5.91 Å². The van der Waals surface area contributed by atoms with E-state index in [0.29, 0.717) is 12.0 Å². The minimum atomic E-state index is 0.0478. The monoisotopic (exact) mass is 346 g/mol. The predicted molar refractivity (Wildman–Crippen MR) is 102 cm³/mol. The number of fused-ring (bicyclic) bond motifs is 2. The van der Waals surface area contributed by atoms with Gasteiger partial charge in [-0.1, -0.05) is 18.2 Å². The number of para-hydroxylation sites is 1. The molecule has 1 amide bonds. The molecule has 0 spiro atoms. The summed E-state index contributed by atoms with van der Waals surface area (Å²) in [5.41, 5.74) is 2.72. The molecule has 2 aromatic heterocycles. The molecule has 1 saturated carbocycles. The summed E-state index contributed by atoms with van der Waals surface area (Å²) in [4.78, 5) is 20.4. The van der Waals surface area contributed by atoms with E-state index in [1.807, 2.05) is 46.0 Å². The van der Waals surface area contributed by atoms with Crippen LogP contribution in [-0.4, -0.2) is 26.7 Å². The van der Waals surface area contributed by atoms with E-state index in [0.717, 1.165) is 34.4 Å². The lowest BCUT2D eigenvalue weighted by atomic mass is 10.0. The first-order valence-corrected chi connectivity index (χ1v) is 9.40. The SMILES string of the molecule is C[C@@H]1C[C@H](C)n2nccc2N1C(=O)c1cc(C2CC2)nc2ccccc12. The van der Waals surface area contributed by atoms with E-state index in [9.17, 15) is 4.79 Å². The molecule has 5 nitrogen and oxygen atoms in total. The Balaban J connectivity index is 1.66. The lowest BCUT2D eigenvalue weighted by Crippen LogP contribution is -2.45. The number of rotatable bonds is 2. The molecule has 5 heteroatoms. The van der Waals surface area contributed by atoms with E-state index in [2.05, 4.69) is 18.9 Å². The fourth-order valence-electron chi connectivity index (χ4n) is 4.16. The van der Waals surface area contributed by atoms with Crippen molar-refractivity contribution in [1.82, 2.24) is 14.8 Å². The van der Waals surface area contributed by atoms with Crippen molar-refractivity contribution in [2.75, 3.05) is 4.90 Å². The van der Waals surface area contributed by atoms with Gasteiger partial charge in [-0.25, -0.2) is 4.68 Å². The summed E-state index contributed by atoms with van der Waals surface area (Å²) in [5, 5.41) is 5.36. The van der Waals surface area contributed by atoms with Crippen molar-refractivity contribution in [2.45, 2.75) is 51.1 Å². The van der Waals surface area contributed by atoms with Gasteiger partial charge in [0.05, 0.1) is 23.3 Å². The van der Waals surface area contributed by atoms with Gasteiger partial charge in [-0.2, -0.15) is 5.10 Å². The first-order valence-electron chi connectivity index (χ1n) is 9.40. The third kappa shape index (κ3) is 2.34. The first-order chi connectivity index (χ1) is 12.6. The zero-order valence-corrected chi connectivity index (χ0v) is 15.1. The Morgan fingerprint density at radius 3 is 2.73 bits per heavy atom. The highest BCUT2D eigenvalue weighted by Crippen LogP contribution is 2.41. The van der Waals surface area contributed by atoms with Crippen LogP contribution >= 0.6 is 0 Å². The van der Waals surface area contributed by atoms with Crippen LogP contribution in [0.25, 0.3) is 10.9 Å². The molecule has 3 aromatic rings. The fraction of sp³-hybridized carbons (Fsp3) is 0.381. The smallest absolute Gasteiger partial charge is 0.260 e. The Morgan fingerprint density at radius 2 is 1.92 bits per heavy atom. The lowest BCUT2D eigenvalue weighted by molar-refractivity contribution is 0.0968. The molecule has 0 N–H and O–H groups in total. The Hall–Kier alpha value is -2.69. The van der Waals surface area contributed by atoms with Crippen LogP contribution in [0.15, 0.2) is 42.6 Å². The summed E-state index contributed by atoms with van der Waals surface area (Å²) in [6.45, 7) is 4.28. The molecule has 0 saturated heterocycles. The summed E-state index contributed by atoms with van der Waals surface area (Å²) >= 11 is 0. The van der Waals surface area contributed by atoms with Crippen molar-refractivity contribution in [3.8, 4) is 0 Å². The Kier molecular flexibility index (Phi) is 3.39. The maximum absolute atomic E-state index is 13.6. The van der Waals surface area contributed by atoms with Crippen LogP contribution in [-0.2, 0) is 0 Å². The van der Waals surface area contributed by atoms with Gasteiger partial charge in [0.15, 0.2) is 0 Å². The average molecular weight is 346 g/mol. The van der Waals surface area contributed by atoms with E-state index < -0.39 is 0 Å². The van der Waals surface area contributed by atoms with E-state index in [4.69, 9.17) is 4.98 Å². The van der Waals surface area contributed by atoms with Crippen molar-refractivity contribution in [3.05, 3.63) is 53.9 Å². The van der Waals surface area contributed by atoms with Crippen LogP contribution in [0.2, 0.25) is 0 Å². The molecular weight excluding hydrogens is 324 g/mol. The Bertz CT molecular complexity index is 1000. The molecule has 0 bridgehead atoms. The molecule has 2 atom stereocenters. The third-order valence-corrected chi connectivity index (χ3v) is 5.62. The molecule has 1 aliphatic heterocycles. The van der Waals surface area contributed by atoms with Crippen LogP contribution in [0.3, 0.4) is 0 Å². The number of amides is 1. The van der Waals surface area contributed by atoms with Gasteiger partial charge in [-0.15, -0.1) is 0 Å². The Labute approximate surface area is 152 Å². The minimum Gasteiger partial charge on any atom is -0.290 e. The number of anilines is 1. The Morgan fingerprint density at radius 1 is 1.12 bits per heavy atom. The number of benzene rings is 1. The van der Waals surface area contributed by atoms with Gasteiger partial charge in [0.1, 0.15) is 5.82 Å². The number of carbonyl (C=O) groups excluding carboxylic acids is 1. The van der Waals surface area contributed by atoms with Gasteiger partial charge >= 0.3 is 0 Å². The zero-order valence-electron chi connectivity index (χ0n) is 15.1. The number of carbonyl (C=O) groups is 1. The van der Waals surface area contributed by atoms with E-state index in [1.165, 1.54) is 12.8 Å². The van der Waals surface area contributed by atoms with Crippen LogP contribution in [0.5, 0.6) is 0 Å². The molecule has 1 aliphatic carbocycles. The van der Waals surface area contributed by atoms with Crippen LogP contribution < -0.4 is 4.90 Å². The van der Waals surface area contributed by atoms with Gasteiger partial charge in [0, 0.05) is 29.1 Å². The molecule has 0 unspecified atom stereocenters. The second-order valence-corrected chi connectivity index (χ2v) is 7.63. The second-order valence-electron chi connectivity index (χ2n) is 7.63. The highest BCUT2D eigenvalue weighted by atomic mass is 16.2. The maximum atomic E-state index is 13.6. The molecule has 0 radical (unpaired) electrons. The summed E-state index contributed by atoms with van der Waals surface area (Å²) in [5.74, 6) is 1.44. The summed E-state index contributed by atoms with van der Waals surface area (Å²) < 4.78 is 1.96. The number of nitrogens with zero attached hydrogens (tertiary/aromatic N) is 4. The molecular formula is C21H22N4O. The fourth-order valence-corrected chi connectivity index (χ4v) is 4.16. The zero-order chi connectivity index (χ0) is 17.8. The topological polar surface area (TPSA) is 51.0 Å². The molecule has 3 heterocycles. The van der Waals surface area contributed by atoms with Crippen LogP contribution in [0.4, 0.5) is 5.82 Å². The standard InChI is InChI=1S/C21H22N4O/c1-13-11-14(2)25-20(9-10-22-25)24(13)21(26)17-12-19(15-7-8-15)23-18-6-4-3-5-16(17)18/h3-6,9-10,12-15H,7-8,11H2,1-2H3/t13-,14+/m1/s1. The summed E-state index contributed by atoms with van der Waals surface area (Å²) in [6.07, 6.45) is 5.02. The minimum absolute atomic E-state index is 0.0478. The van der Waals surface area contributed by atoms with Crippen LogP contribution in [0, 0.1) is 0 Å².